The van der Waals surface area contributed by atoms with Crippen molar-refractivity contribution in [1.29, 1.82) is 0 Å². The fraction of sp³-hybridized carbons (Fsp3) is 0.0870. The Morgan fingerprint density at radius 1 is 0.897 bits per heavy atom. The second-order valence-electron chi connectivity index (χ2n) is 6.21. The first-order valence-electron chi connectivity index (χ1n) is 8.84. The number of rotatable bonds is 6. The molecule has 0 spiro atoms. The van der Waals surface area contributed by atoms with Crippen molar-refractivity contribution in [1.82, 2.24) is 0 Å². The minimum Gasteiger partial charge on any atom is -0.489 e. The Balaban J connectivity index is 1.58. The number of carbonyl (C=O) groups is 1. The topological polar surface area (TPSA) is 38.3 Å². The lowest BCUT2D eigenvalue weighted by atomic mass is 10.1. The molecule has 3 aromatic rings. The van der Waals surface area contributed by atoms with E-state index in [1.807, 2.05) is 30.3 Å². The number of ether oxygens (including phenoxy) is 1. The van der Waals surface area contributed by atoms with Gasteiger partial charge in [-0.3, -0.25) is 4.79 Å². The molecule has 3 rings (SSSR count). The van der Waals surface area contributed by atoms with E-state index in [0.29, 0.717) is 12.4 Å². The monoisotopic (exact) mass is 397 g/mol. The highest BCUT2D eigenvalue weighted by molar-refractivity contribution is 6.02. The van der Waals surface area contributed by atoms with Gasteiger partial charge in [0.05, 0.1) is 11.3 Å². The smallest absolute Gasteiger partial charge is 0.418 e. The van der Waals surface area contributed by atoms with Crippen molar-refractivity contribution in [2.24, 2.45) is 0 Å². The molecule has 29 heavy (non-hydrogen) atoms. The summed E-state index contributed by atoms with van der Waals surface area (Å²) in [7, 11) is 0. The van der Waals surface area contributed by atoms with E-state index in [9.17, 15) is 18.0 Å². The van der Waals surface area contributed by atoms with Crippen LogP contribution in [0.3, 0.4) is 0 Å². The Labute approximate surface area is 166 Å². The average Bonchev–Trinajstić information content (AvgIpc) is 2.72. The predicted molar refractivity (Wildman–Crippen MR) is 106 cm³/mol. The third-order valence-corrected chi connectivity index (χ3v) is 4.05. The number of alkyl halides is 3. The highest BCUT2D eigenvalue weighted by Gasteiger charge is 2.33. The van der Waals surface area contributed by atoms with Gasteiger partial charge in [-0.2, -0.15) is 13.2 Å². The molecule has 3 nitrogen and oxygen atoms in total. The number of anilines is 1. The third-order valence-electron chi connectivity index (χ3n) is 4.05. The molecule has 0 aliphatic heterocycles. The van der Waals surface area contributed by atoms with Gasteiger partial charge in [0.15, 0.2) is 0 Å². The molecule has 0 aliphatic carbocycles. The fourth-order valence-corrected chi connectivity index (χ4v) is 2.60. The molecule has 0 radical (unpaired) electrons. The average molecular weight is 397 g/mol. The zero-order valence-electron chi connectivity index (χ0n) is 15.3. The largest absolute Gasteiger partial charge is 0.489 e. The van der Waals surface area contributed by atoms with Gasteiger partial charge in [0.2, 0.25) is 5.91 Å². The van der Waals surface area contributed by atoms with Crippen molar-refractivity contribution in [3.63, 3.8) is 0 Å². The van der Waals surface area contributed by atoms with Gasteiger partial charge in [0.25, 0.3) is 0 Å². The molecular weight excluding hydrogens is 379 g/mol. The molecule has 0 fully saturated rings. The first-order chi connectivity index (χ1) is 13.9. The minimum absolute atomic E-state index is 0.278. The van der Waals surface area contributed by atoms with Gasteiger partial charge in [0.1, 0.15) is 12.4 Å². The van der Waals surface area contributed by atoms with Crippen LogP contribution < -0.4 is 10.1 Å². The van der Waals surface area contributed by atoms with E-state index in [-0.39, 0.29) is 5.69 Å². The lowest BCUT2D eigenvalue weighted by Crippen LogP contribution is -2.14. The third kappa shape index (κ3) is 5.97. The number of benzene rings is 3. The molecule has 0 heterocycles. The van der Waals surface area contributed by atoms with Gasteiger partial charge in [-0.15, -0.1) is 0 Å². The van der Waals surface area contributed by atoms with Crippen molar-refractivity contribution in [2.75, 3.05) is 5.32 Å². The van der Waals surface area contributed by atoms with Gasteiger partial charge in [-0.25, -0.2) is 0 Å². The number of hydrogen-bond donors (Lipinski definition) is 1. The minimum atomic E-state index is -4.54. The number of nitrogens with one attached hydrogen (secondary N) is 1. The van der Waals surface area contributed by atoms with Crippen LogP contribution in [0.25, 0.3) is 6.08 Å². The summed E-state index contributed by atoms with van der Waals surface area (Å²) in [5.74, 6) is 0.0284. The lowest BCUT2D eigenvalue weighted by Gasteiger charge is -2.12. The quantitative estimate of drug-likeness (QED) is 0.523. The van der Waals surface area contributed by atoms with Gasteiger partial charge >= 0.3 is 6.18 Å². The standard InChI is InChI=1S/C23H18F3NO2/c24-23(25,26)20-8-4-5-9-21(20)27-22(28)15-12-17-10-13-19(14-11-17)29-16-18-6-2-1-3-7-18/h1-15H,16H2,(H,27,28). The van der Waals surface area contributed by atoms with E-state index in [1.54, 1.807) is 24.3 Å². The van der Waals surface area contributed by atoms with Crippen molar-refractivity contribution >= 4 is 17.7 Å². The lowest BCUT2D eigenvalue weighted by molar-refractivity contribution is -0.136. The molecule has 3 aromatic carbocycles. The Morgan fingerprint density at radius 2 is 1.55 bits per heavy atom. The van der Waals surface area contributed by atoms with E-state index >= 15 is 0 Å². The number of halogens is 3. The molecular formula is C23H18F3NO2. The van der Waals surface area contributed by atoms with Gasteiger partial charge in [0, 0.05) is 6.08 Å². The molecule has 0 atom stereocenters. The zero-order valence-corrected chi connectivity index (χ0v) is 15.3. The van der Waals surface area contributed by atoms with Gasteiger partial charge in [-0.1, -0.05) is 54.6 Å². The number of hydrogen-bond acceptors (Lipinski definition) is 2. The molecule has 1 N–H and O–H groups in total. The Bertz CT molecular complexity index is 981. The number of carbonyl (C=O) groups excluding carboxylic acids is 1. The molecule has 148 valence electrons. The van der Waals surface area contributed by atoms with E-state index in [4.69, 9.17) is 4.74 Å². The Kier molecular flexibility index (Phi) is 6.34. The van der Waals surface area contributed by atoms with Crippen LogP contribution >= 0.6 is 0 Å². The Morgan fingerprint density at radius 3 is 2.24 bits per heavy atom. The van der Waals surface area contributed by atoms with Crippen LogP contribution in [0.15, 0.2) is 84.9 Å². The molecule has 0 unspecified atom stereocenters. The summed E-state index contributed by atoms with van der Waals surface area (Å²) < 4.78 is 44.6. The summed E-state index contributed by atoms with van der Waals surface area (Å²) in [5.41, 5.74) is 0.601. The van der Waals surface area contributed by atoms with Gasteiger partial charge < -0.3 is 10.1 Å². The van der Waals surface area contributed by atoms with Crippen LogP contribution in [0.2, 0.25) is 0 Å². The van der Waals surface area contributed by atoms with E-state index in [2.05, 4.69) is 5.32 Å². The first-order valence-corrected chi connectivity index (χ1v) is 8.84. The normalized spacial score (nSPS) is 11.4. The molecule has 0 saturated carbocycles. The maximum atomic E-state index is 13.0. The predicted octanol–water partition coefficient (Wildman–Crippen LogP) is 5.94. The maximum absolute atomic E-state index is 13.0. The van der Waals surface area contributed by atoms with Crippen LogP contribution in [0.4, 0.5) is 18.9 Å². The highest BCUT2D eigenvalue weighted by atomic mass is 19.4. The molecule has 1 amide bonds. The molecule has 0 aromatic heterocycles. The van der Waals surface area contributed by atoms with Crippen LogP contribution in [-0.2, 0) is 17.6 Å². The zero-order chi connectivity index (χ0) is 20.7. The van der Waals surface area contributed by atoms with E-state index in [1.165, 1.54) is 30.4 Å². The van der Waals surface area contributed by atoms with Crippen molar-refractivity contribution in [2.45, 2.75) is 12.8 Å². The summed E-state index contributed by atoms with van der Waals surface area (Å²) in [6, 6.07) is 21.6. The molecule has 0 aliphatic rings. The molecule has 0 bridgehead atoms. The molecule has 0 saturated heterocycles. The van der Waals surface area contributed by atoms with Crippen molar-refractivity contribution in [3.8, 4) is 5.75 Å². The van der Waals surface area contributed by atoms with Crippen LogP contribution in [0, 0.1) is 0 Å². The fourth-order valence-electron chi connectivity index (χ4n) is 2.60. The second-order valence-corrected chi connectivity index (χ2v) is 6.21. The summed E-state index contributed by atoms with van der Waals surface area (Å²) in [6.45, 7) is 0.442. The second kappa shape index (κ2) is 9.10. The summed E-state index contributed by atoms with van der Waals surface area (Å²) in [5, 5.41) is 2.27. The van der Waals surface area contributed by atoms with E-state index < -0.39 is 17.6 Å². The number of amides is 1. The summed E-state index contributed by atoms with van der Waals surface area (Å²) in [4.78, 5) is 12.0. The van der Waals surface area contributed by atoms with E-state index in [0.717, 1.165) is 17.2 Å². The van der Waals surface area contributed by atoms with Crippen molar-refractivity contribution in [3.05, 3.63) is 102 Å². The number of para-hydroxylation sites is 1. The van der Waals surface area contributed by atoms with Crippen LogP contribution in [0.1, 0.15) is 16.7 Å². The van der Waals surface area contributed by atoms with Crippen LogP contribution in [-0.4, -0.2) is 5.91 Å². The van der Waals surface area contributed by atoms with Crippen molar-refractivity contribution < 1.29 is 22.7 Å². The maximum Gasteiger partial charge on any atom is 0.418 e. The Hall–Kier alpha value is -3.54. The van der Waals surface area contributed by atoms with Crippen LogP contribution in [0.5, 0.6) is 5.75 Å². The SMILES string of the molecule is O=C(C=Cc1ccc(OCc2ccccc2)cc1)Nc1ccccc1C(F)(F)F. The first kappa shape index (κ1) is 20.2. The summed E-state index contributed by atoms with van der Waals surface area (Å²) in [6.07, 6.45) is -1.83. The van der Waals surface area contributed by atoms with Gasteiger partial charge in [-0.05, 0) is 41.5 Å². The summed E-state index contributed by atoms with van der Waals surface area (Å²) >= 11 is 0. The molecule has 6 heteroatoms. The highest BCUT2D eigenvalue weighted by Crippen LogP contribution is 2.34.